The van der Waals surface area contributed by atoms with Crippen LogP contribution in [-0.2, 0) is 0 Å². The Morgan fingerprint density at radius 2 is 1.46 bits per heavy atom. The quantitative estimate of drug-likeness (QED) is 0.618. The maximum atomic E-state index is 12.6. The van der Waals surface area contributed by atoms with Crippen LogP contribution in [0.15, 0.2) is 0 Å². The van der Waals surface area contributed by atoms with Crippen molar-refractivity contribution in [1.82, 2.24) is 4.90 Å². The summed E-state index contributed by atoms with van der Waals surface area (Å²) in [6.45, 7) is 4.00. The Labute approximate surface area is 80.1 Å². The molecule has 1 aliphatic carbocycles. The predicted octanol–water partition coefficient (Wildman–Crippen LogP) is 3.15. The van der Waals surface area contributed by atoms with E-state index in [9.17, 15) is 8.78 Å². The summed E-state index contributed by atoms with van der Waals surface area (Å²) in [5.41, 5.74) is 0. The second kappa shape index (κ2) is 5.53. The molecule has 1 rings (SSSR count). The fraction of sp³-hybridized carbons (Fsp3) is 1.00. The normalized spacial score (nSPS) is 22.4. The van der Waals surface area contributed by atoms with Gasteiger partial charge in [-0.1, -0.05) is 13.8 Å². The van der Waals surface area contributed by atoms with Gasteiger partial charge in [0.25, 0.3) is 0 Å². The third kappa shape index (κ3) is 4.55. The van der Waals surface area contributed by atoms with E-state index in [1.807, 2.05) is 32.8 Å². The maximum absolute atomic E-state index is 12.6. The van der Waals surface area contributed by atoms with Crippen LogP contribution in [0.4, 0.5) is 8.78 Å². The van der Waals surface area contributed by atoms with Gasteiger partial charge in [-0.3, -0.25) is 0 Å². The molecule has 80 valence electrons. The van der Waals surface area contributed by atoms with Crippen molar-refractivity contribution in [2.45, 2.75) is 51.5 Å². The maximum Gasteiger partial charge on any atom is 0.248 e. The minimum absolute atomic E-state index is 0.0653. The first-order valence-electron chi connectivity index (χ1n) is 5.05. The fourth-order valence-corrected chi connectivity index (χ4v) is 1.54. The van der Waals surface area contributed by atoms with Gasteiger partial charge in [-0.25, -0.2) is 8.78 Å². The summed E-state index contributed by atoms with van der Waals surface area (Å²) >= 11 is 0. The molecule has 1 saturated carbocycles. The van der Waals surface area contributed by atoms with Crippen molar-refractivity contribution >= 4 is 0 Å². The number of nitrogens with zero attached hydrogens (tertiary/aromatic N) is 1. The van der Waals surface area contributed by atoms with E-state index in [0.29, 0.717) is 18.9 Å². The van der Waals surface area contributed by atoms with Gasteiger partial charge in [0.15, 0.2) is 0 Å². The van der Waals surface area contributed by atoms with Crippen molar-refractivity contribution in [1.29, 1.82) is 0 Å². The van der Waals surface area contributed by atoms with Crippen molar-refractivity contribution in [2.24, 2.45) is 0 Å². The number of hydrogen-bond acceptors (Lipinski definition) is 1. The van der Waals surface area contributed by atoms with E-state index in [1.54, 1.807) is 0 Å². The van der Waals surface area contributed by atoms with Crippen LogP contribution in [0.25, 0.3) is 0 Å². The zero-order chi connectivity index (χ0) is 10.5. The molecule has 13 heavy (non-hydrogen) atoms. The number of rotatable bonds is 1. The standard InChI is InChI=1S/C8H15F2N.C2H6/c1-11(2)7-3-5-8(9,10)6-4-7;1-2/h7H,3-6H2,1-2H3;1-2H3. The summed E-state index contributed by atoms with van der Waals surface area (Å²) in [7, 11) is 3.91. The predicted molar refractivity (Wildman–Crippen MR) is 52.2 cm³/mol. The van der Waals surface area contributed by atoms with E-state index in [1.165, 1.54) is 0 Å². The van der Waals surface area contributed by atoms with Gasteiger partial charge in [0.1, 0.15) is 0 Å². The summed E-state index contributed by atoms with van der Waals surface area (Å²) < 4.78 is 25.2. The fourth-order valence-electron chi connectivity index (χ4n) is 1.54. The lowest BCUT2D eigenvalue weighted by Crippen LogP contribution is -2.36. The van der Waals surface area contributed by atoms with Crippen LogP contribution in [-0.4, -0.2) is 31.0 Å². The number of hydrogen-bond donors (Lipinski definition) is 0. The van der Waals surface area contributed by atoms with Crippen molar-refractivity contribution in [2.75, 3.05) is 14.1 Å². The summed E-state index contributed by atoms with van der Waals surface area (Å²) in [6.07, 6.45) is 1.41. The number of alkyl halides is 2. The minimum atomic E-state index is -2.38. The SMILES string of the molecule is CC.CN(C)C1CCC(F)(F)CC1. The first kappa shape index (κ1) is 12.8. The molecule has 0 heterocycles. The highest BCUT2D eigenvalue weighted by Crippen LogP contribution is 2.34. The molecule has 0 spiro atoms. The zero-order valence-corrected chi connectivity index (χ0v) is 9.11. The van der Waals surface area contributed by atoms with Crippen LogP contribution in [0.3, 0.4) is 0 Å². The van der Waals surface area contributed by atoms with Gasteiger partial charge in [-0.15, -0.1) is 0 Å². The molecule has 0 N–H and O–H groups in total. The van der Waals surface area contributed by atoms with E-state index in [2.05, 4.69) is 0 Å². The van der Waals surface area contributed by atoms with Crippen LogP contribution >= 0.6 is 0 Å². The first-order chi connectivity index (χ1) is 6.01. The Kier molecular flexibility index (Phi) is 5.45. The Hall–Kier alpha value is -0.180. The lowest BCUT2D eigenvalue weighted by molar-refractivity contribution is -0.0491. The van der Waals surface area contributed by atoms with Crippen molar-refractivity contribution in [3.05, 3.63) is 0 Å². The summed E-state index contributed by atoms with van der Waals surface area (Å²) in [6, 6.07) is 0.370. The average molecular weight is 193 g/mol. The van der Waals surface area contributed by atoms with Crippen LogP contribution in [0.5, 0.6) is 0 Å². The molecule has 0 aliphatic heterocycles. The zero-order valence-electron chi connectivity index (χ0n) is 9.11. The highest BCUT2D eigenvalue weighted by molar-refractivity contribution is 4.80. The minimum Gasteiger partial charge on any atom is -0.306 e. The van der Waals surface area contributed by atoms with Gasteiger partial charge in [0.05, 0.1) is 0 Å². The van der Waals surface area contributed by atoms with E-state index >= 15 is 0 Å². The Balaban J connectivity index is 0.000000671. The lowest BCUT2D eigenvalue weighted by Gasteiger charge is -2.32. The molecule has 0 bridgehead atoms. The molecular weight excluding hydrogens is 172 g/mol. The van der Waals surface area contributed by atoms with Gasteiger partial charge in [0.2, 0.25) is 5.92 Å². The Morgan fingerprint density at radius 3 is 1.77 bits per heavy atom. The second-order valence-electron chi connectivity index (χ2n) is 3.55. The highest BCUT2D eigenvalue weighted by atomic mass is 19.3. The smallest absolute Gasteiger partial charge is 0.248 e. The van der Waals surface area contributed by atoms with Crippen molar-refractivity contribution in [3.63, 3.8) is 0 Å². The molecule has 1 fully saturated rings. The number of halogens is 2. The van der Waals surface area contributed by atoms with Crippen LogP contribution in [0.1, 0.15) is 39.5 Å². The van der Waals surface area contributed by atoms with E-state index < -0.39 is 5.92 Å². The molecular formula is C10H21F2N. The van der Waals surface area contributed by atoms with Gasteiger partial charge in [-0.05, 0) is 26.9 Å². The molecule has 0 unspecified atom stereocenters. The average Bonchev–Trinajstić information content (AvgIpc) is 2.07. The third-order valence-corrected chi connectivity index (χ3v) is 2.42. The third-order valence-electron chi connectivity index (χ3n) is 2.42. The molecule has 0 radical (unpaired) electrons. The summed E-state index contributed by atoms with van der Waals surface area (Å²) in [5.74, 6) is -2.38. The largest absolute Gasteiger partial charge is 0.306 e. The van der Waals surface area contributed by atoms with E-state index in [0.717, 1.165) is 0 Å². The van der Waals surface area contributed by atoms with Gasteiger partial charge in [0, 0.05) is 18.9 Å². The van der Waals surface area contributed by atoms with E-state index in [4.69, 9.17) is 0 Å². The topological polar surface area (TPSA) is 3.24 Å². The molecule has 1 nitrogen and oxygen atoms in total. The van der Waals surface area contributed by atoms with Crippen LogP contribution in [0, 0.1) is 0 Å². The van der Waals surface area contributed by atoms with Crippen LogP contribution < -0.4 is 0 Å². The molecule has 0 atom stereocenters. The van der Waals surface area contributed by atoms with Gasteiger partial charge < -0.3 is 4.90 Å². The van der Waals surface area contributed by atoms with Crippen LogP contribution in [0.2, 0.25) is 0 Å². The molecule has 0 aromatic carbocycles. The lowest BCUT2D eigenvalue weighted by atomic mass is 9.92. The first-order valence-corrected chi connectivity index (χ1v) is 5.05. The van der Waals surface area contributed by atoms with Crippen molar-refractivity contribution in [3.8, 4) is 0 Å². The Morgan fingerprint density at radius 1 is 1.08 bits per heavy atom. The monoisotopic (exact) mass is 193 g/mol. The molecule has 0 amide bonds. The van der Waals surface area contributed by atoms with Gasteiger partial charge in [-0.2, -0.15) is 0 Å². The molecule has 0 aromatic heterocycles. The summed E-state index contributed by atoms with van der Waals surface area (Å²) in [5, 5.41) is 0. The molecule has 3 heteroatoms. The Bertz CT molecular complexity index is 125. The highest BCUT2D eigenvalue weighted by Gasteiger charge is 2.35. The summed E-state index contributed by atoms with van der Waals surface area (Å²) in [4.78, 5) is 2.04. The second-order valence-corrected chi connectivity index (χ2v) is 3.55. The van der Waals surface area contributed by atoms with Crippen molar-refractivity contribution < 1.29 is 8.78 Å². The molecule has 1 aliphatic rings. The van der Waals surface area contributed by atoms with E-state index in [-0.39, 0.29) is 12.8 Å². The molecule has 0 saturated heterocycles. The van der Waals surface area contributed by atoms with Gasteiger partial charge >= 0.3 is 0 Å². The molecule has 0 aromatic rings.